The molecule has 0 aromatic heterocycles. The highest BCUT2D eigenvalue weighted by atomic mass is 35.5. The number of nitro groups is 1. The first-order chi connectivity index (χ1) is 17.3. The molecule has 0 atom stereocenters. The van der Waals surface area contributed by atoms with E-state index in [9.17, 15) is 19.7 Å². The Labute approximate surface area is 220 Å². The summed E-state index contributed by atoms with van der Waals surface area (Å²) in [5.74, 6) is 0.352. The molecule has 2 amide bonds. The Morgan fingerprint density at radius 2 is 1.83 bits per heavy atom. The van der Waals surface area contributed by atoms with Crippen LogP contribution >= 0.6 is 35.0 Å². The van der Waals surface area contributed by atoms with E-state index in [0.717, 1.165) is 16.7 Å². The van der Waals surface area contributed by atoms with Crippen molar-refractivity contribution in [3.8, 4) is 11.5 Å². The second kappa shape index (κ2) is 11.0. The maximum atomic E-state index is 13.0. The van der Waals surface area contributed by atoms with Crippen molar-refractivity contribution in [3.05, 3.63) is 102 Å². The summed E-state index contributed by atoms with van der Waals surface area (Å²) in [4.78, 5) is 37.3. The molecule has 0 aliphatic carbocycles. The third-order valence-corrected chi connectivity index (χ3v) is 6.76. The average molecular weight is 545 g/mol. The van der Waals surface area contributed by atoms with Crippen LogP contribution in [-0.4, -0.2) is 28.1 Å². The van der Waals surface area contributed by atoms with E-state index >= 15 is 0 Å². The van der Waals surface area contributed by atoms with Crippen molar-refractivity contribution < 1.29 is 24.0 Å². The van der Waals surface area contributed by atoms with Gasteiger partial charge in [-0.15, -0.1) is 0 Å². The van der Waals surface area contributed by atoms with Gasteiger partial charge in [0.25, 0.3) is 16.8 Å². The van der Waals surface area contributed by atoms with Gasteiger partial charge in [-0.1, -0.05) is 53.5 Å². The number of nitro benzene ring substituents is 1. The van der Waals surface area contributed by atoms with Crippen molar-refractivity contribution >= 4 is 57.9 Å². The molecule has 0 spiro atoms. The molecule has 1 fully saturated rings. The van der Waals surface area contributed by atoms with E-state index in [1.165, 1.54) is 31.4 Å². The predicted octanol–water partition coefficient (Wildman–Crippen LogP) is 6.73. The Morgan fingerprint density at radius 3 is 2.50 bits per heavy atom. The van der Waals surface area contributed by atoms with Crippen LogP contribution in [0.15, 0.2) is 65.6 Å². The van der Waals surface area contributed by atoms with Crippen LogP contribution < -0.4 is 9.47 Å². The van der Waals surface area contributed by atoms with Gasteiger partial charge in [-0.3, -0.25) is 24.6 Å². The van der Waals surface area contributed by atoms with Gasteiger partial charge in [-0.05, 0) is 41.6 Å². The lowest BCUT2D eigenvalue weighted by Gasteiger charge is -2.15. The first kappa shape index (κ1) is 25.6. The monoisotopic (exact) mass is 544 g/mol. The smallest absolute Gasteiger partial charge is 0.293 e. The summed E-state index contributed by atoms with van der Waals surface area (Å²) in [5.41, 5.74) is 1.77. The van der Waals surface area contributed by atoms with Crippen LogP contribution in [0.2, 0.25) is 10.0 Å². The molecule has 4 rings (SSSR count). The molecule has 3 aromatic carbocycles. The molecule has 11 heteroatoms. The van der Waals surface area contributed by atoms with Crippen LogP contribution in [0.25, 0.3) is 6.08 Å². The van der Waals surface area contributed by atoms with Gasteiger partial charge in [-0.2, -0.15) is 0 Å². The molecule has 36 heavy (non-hydrogen) atoms. The van der Waals surface area contributed by atoms with E-state index in [2.05, 4.69) is 0 Å². The molecule has 0 radical (unpaired) electrons. The second-order valence-electron chi connectivity index (χ2n) is 7.59. The van der Waals surface area contributed by atoms with Crippen LogP contribution in [-0.2, 0) is 17.9 Å². The largest absolute Gasteiger partial charge is 0.493 e. The van der Waals surface area contributed by atoms with Crippen molar-refractivity contribution in [2.45, 2.75) is 13.2 Å². The third kappa shape index (κ3) is 5.64. The summed E-state index contributed by atoms with van der Waals surface area (Å²) < 4.78 is 11.5. The van der Waals surface area contributed by atoms with Crippen molar-refractivity contribution in [1.82, 2.24) is 4.90 Å². The van der Waals surface area contributed by atoms with E-state index in [0.29, 0.717) is 38.2 Å². The number of carbonyl (C=O) groups excluding carboxylic acids is 2. The van der Waals surface area contributed by atoms with Crippen molar-refractivity contribution in [2.75, 3.05) is 7.11 Å². The number of carbonyl (C=O) groups is 2. The maximum Gasteiger partial charge on any atom is 0.293 e. The second-order valence-corrected chi connectivity index (χ2v) is 9.43. The van der Waals surface area contributed by atoms with Gasteiger partial charge in [-0.25, -0.2) is 0 Å². The molecule has 0 N–H and O–H groups in total. The average Bonchev–Trinajstić information content (AvgIpc) is 3.11. The number of amides is 2. The fourth-order valence-electron chi connectivity index (χ4n) is 3.43. The molecule has 0 saturated carbocycles. The number of thioether (sulfide) groups is 1. The standard InChI is InChI=1S/C25H18Cl2N2O6S/c1-34-21-4-2-3-16(23(21)35-14-17-7-8-18(26)12-20(17)27)11-22-24(30)28(25(31)36-22)13-15-5-9-19(10-6-15)29(32)33/h2-12H,13-14H2,1H3/b22-11+. The molecule has 1 heterocycles. The van der Waals surface area contributed by atoms with E-state index in [1.807, 2.05) is 0 Å². The summed E-state index contributed by atoms with van der Waals surface area (Å²) in [6.45, 7) is 0.120. The molecule has 0 unspecified atom stereocenters. The molecular weight excluding hydrogens is 527 g/mol. The Bertz CT molecular complexity index is 1380. The van der Waals surface area contributed by atoms with Gasteiger partial charge in [0.1, 0.15) is 6.61 Å². The highest BCUT2D eigenvalue weighted by Crippen LogP contribution is 2.38. The van der Waals surface area contributed by atoms with E-state index in [1.54, 1.807) is 42.5 Å². The molecule has 1 aliphatic rings. The first-order valence-electron chi connectivity index (χ1n) is 10.5. The minimum Gasteiger partial charge on any atom is -0.493 e. The Hall–Kier alpha value is -3.53. The third-order valence-electron chi connectivity index (χ3n) is 5.26. The molecule has 8 nitrogen and oxygen atoms in total. The number of non-ortho nitro benzene ring substituents is 1. The zero-order valence-corrected chi connectivity index (χ0v) is 21.1. The van der Waals surface area contributed by atoms with Gasteiger partial charge in [0.2, 0.25) is 0 Å². The lowest BCUT2D eigenvalue weighted by atomic mass is 10.1. The number of para-hydroxylation sites is 1. The number of hydrogen-bond acceptors (Lipinski definition) is 7. The fourth-order valence-corrected chi connectivity index (χ4v) is 4.73. The summed E-state index contributed by atoms with van der Waals surface area (Å²) in [6, 6.07) is 16.0. The van der Waals surface area contributed by atoms with Gasteiger partial charge < -0.3 is 9.47 Å². The molecular formula is C25H18Cl2N2O6S. The SMILES string of the molecule is COc1cccc(/C=C2/SC(=O)N(Cc3ccc([N+](=O)[O-])cc3)C2=O)c1OCc1ccc(Cl)cc1Cl. The number of imide groups is 1. The molecule has 1 aliphatic heterocycles. The van der Waals surface area contributed by atoms with Crippen LogP contribution in [0.5, 0.6) is 11.5 Å². The lowest BCUT2D eigenvalue weighted by molar-refractivity contribution is -0.384. The molecule has 3 aromatic rings. The van der Waals surface area contributed by atoms with E-state index in [-0.39, 0.29) is 23.7 Å². The Kier molecular flexibility index (Phi) is 7.83. The summed E-state index contributed by atoms with van der Waals surface area (Å²) in [6.07, 6.45) is 1.57. The number of methoxy groups -OCH3 is 1. The number of rotatable bonds is 8. The number of ether oxygens (including phenoxy) is 2. The molecule has 184 valence electrons. The molecule has 0 bridgehead atoms. The van der Waals surface area contributed by atoms with Crippen LogP contribution in [0.1, 0.15) is 16.7 Å². The van der Waals surface area contributed by atoms with Gasteiger partial charge >= 0.3 is 0 Å². The number of benzene rings is 3. The minimum absolute atomic E-state index is 0.00344. The van der Waals surface area contributed by atoms with Crippen molar-refractivity contribution in [1.29, 1.82) is 0 Å². The molecule has 1 saturated heterocycles. The van der Waals surface area contributed by atoms with Crippen LogP contribution in [0, 0.1) is 10.1 Å². The normalized spacial score (nSPS) is 14.4. The predicted molar refractivity (Wildman–Crippen MR) is 138 cm³/mol. The Morgan fingerprint density at radius 1 is 1.08 bits per heavy atom. The quantitative estimate of drug-likeness (QED) is 0.176. The summed E-state index contributed by atoms with van der Waals surface area (Å²) in [5, 5.41) is 11.4. The van der Waals surface area contributed by atoms with Crippen LogP contribution in [0.4, 0.5) is 10.5 Å². The fraction of sp³-hybridized carbons (Fsp3) is 0.120. The van der Waals surface area contributed by atoms with Gasteiger partial charge in [0.15, 0.2) is 11.5 Å². The Balaban J connectivity index is 1.57. The van der Waals surface area contributed by atoms with Crippen molar-refractivity contribution in [3.63, 3.8) is 0 Å². The van der Waals surface area contributed by atoms with Crippen molar-refractivity contribution in [2.24, 2.45) is 0 Å². The number of halogens is 2. The summed E-state index contributed by atoms with van der Waals surface area (Å²) in [7, 11) is 1.50. The maximum absolute atomic E-state index is 13.0. The highest BCUT2D eigenvalue weighted by Gasteiger charge is 2.35. The van der Waals surface area contributed by atoms with E-state index in [4.69, 9.17) is 32.7 Å². The zero-order chi connectivity index (χ0) is 25.8. The zero-order valence-electron chi connectivity index (χ0n) is 18.8. The van der Waals surface area contributed by atoms with Gasteiger partial charge in [0, 0.05) is 33.3 Å². The minimum atomic E-state index is -0.513. The number of hydrogen-bond donors (Lipinski definition) is 0. The van der Waals surface area contributed by atoms with Gasteiger partial charge in [0.05, 0.1) is 23.5 Å². The summed E-state index contributed by atoms with van der Waals surface area (Å²) >= 11 is 13.0. The lowest BCUT2D eigenvalue weighted by Crippen LogP contribution is -2.27. The topological polar surface area (TPSA) is 99.0 Å². The first-order valence-corrected chi connectivity index (χ1v) is 12.1. The van der Waals surface area contributed by atoms with E-state index < -0.39 is 16.1 Å². The number of nitrogens with zero attached hydrogens (tertiary/aromatic N) is 2. The highest BCUT2D eigenvalue weighted by molar-refractivity contribution is 8.18. The van der Waals surface area contributed by atoms with Crippen LogP contribution in [0.3, 0.4) is 0 Å².